The molecular weight excluding hydrogens is 240 g/mol. The zero-order valence-corrected chi connectivity index (χ0v) is 12.2. The van der Waals surface area contributed by atoms with Crippen LogP contribution in [0.3, 0.4) is 0 Å². The van der Waals surface area contributed by atoms with Crippen LogP contribution in [0.1, 0.15) is 26.3 Å². The Balaban J connectivity index is 2.56. The highest BCUT2D eigenvalue weighted by Crippen LogP contribution is 2.15. The van der Waals surface area contributed by atoms with E-state index in [1.54, 1.807) is 13.8 Å². The maximum atomic E-state index is 11.9. The summed E-state index contributed by atoms with van der Waals surface area (Å²) < 4.78 is 0. The van der Waals surface area contributed by atoms with Gasteiger partial charge in [-0.05, 0) is 38.9 Å². The van der Waals surface area contributed by atoms with Crippen molar-refractivity contribution in [2.24, 2.45) is 0 Å². The number of likely N-dealkylation sites (N-methyl/N-ethyl adjacent to an activating group) is 1. The molecule has 19 heavy (non-hydrogen) atoms. The second kappa shape index (κ2) is 6.68. The van der Waals surface area contributed by atoms with E-state index in [1.807, 2.05) is 36.2 Å². The van der Waals surface area contributed by atoms with Gasteiger partial charge >= 0.3 is 0 Å². The number of nitrogens with one attached hydrogen (secondary N) is 1. The lowest BCUT2D eigenvalue weighted by molar-refractivity contribution is -0.117. The Kier molecular flexibility index (Phi) is 5.51. The molecule has 0 aliphatic heterocycles. The van der Waals surface area contributed by atoms with Crippen LogP contribution in [0.5, 0.6) is 0 Å². The van der Waals surface area contributed by atoms with Crippen molar-refractivity contribution >= 4 is 11.6 Å². The van der Waals surface area contributed by atoms with E-state index in [-0.39, 0.29) is 12.5 Å². The first-order valence-electron chi connectivity index (χ1n) is 6.60. The monoisotopic (exact) mass is 264 g/mol. The van der Waals surface area contributed by atoms with Gasteiger partial charge in [-0.1, -0.05) is 25.1 Å². The number of nitrogens with zero attached hydrogens (tertiary/aromatic N) is 1. The minimum Gasteiger partial charge on any atom is -0.389 e. The molecule has 4 heteroatoms. The number of para-hydroxylation sites is 1. The molecule has 0 spiro atoms. The van der Waals surface area contributed by atoms with Crippen molar-refractivity contribution in [3.8, 4) is 0 Å². The van der Waals surface area contributed by atoms with Crippen LogP contribution in [-0.4, -0.2) is 41.7 Å². The van der Waals surface area contributed by atoms with Crippen LogP contribution in [0.2, 0.25) is 0 Å². The first-order chi connectivity index (χ1) is 8.81. The molecule has 0 fully saturated rings. The number of carbonyl (C=O) groups excluding carboxylic acids is 1. The lowest BCUT2D eigenvalue weighted by atomic mass is 10.1. The molecule has 1 amide bonds. The van der Waals surface area contributed by atoms with E-state index >= 15 is 0 Å². The van der Waals surface area contributed by atoms with Crippen molar-refractivity contribution in [1.82, 2.24) is 4.90 Å². The molecule has 0 heterocycles. The van der Waals surface area contributed by atoms with Crippen LogP contribution in [0.4, 0.5) is 5.69 Å². The standard InChI is InChI=1S/C15H24N2O2/c1-5-12-8-6-7-9-13(12)16-14(18)10-17(4)11-15(2,3)19/h6-9,19H,5,10-11H2,1-4H3,(H,16,18). The number of carbonyl (C=O) groups is 1. The van der Waals surface area contributed by atoms with Gasteiger partial charge in [0.25, 0.3) is 0 Å². The summed E-state index contributed by atoms with van der Waals surface area (Å²) in [7, 11) is 1.82. The summed E-state index contributed by atoms with van der Waals surface area (Å²) in [6.07, 6.45) is 0.885. The van der Waals surface area contributed by atoms with Crippen LogP contribution in [0, 0.1) is 0 Å². The molecule has 0 aliphatic rings. The van der Waals surface area contributed by atoms with Gasteiger partial charge in [0.05, 0.1) is 12.1 Å². The summed E-state index contributed by atoms with van der Waals surface area (Å²) in [6.45, 7) is 6.24. The van der Waals surface area contributed by atoms with E-state index in [0.717, 1.165) is 17.7 Å². The van der Waals surface area contributed by atoms with Crippen molar-refractivity contribution in [2.45, 2.75) is 32.8 Å². The fourth-order valence-corrected chi connectivity index (χ4v) is 2.10. The van der Waals surface area contributed by atoms with Crippen molar-refractivity contribution in [1.29, 1.82) is 0 Å². The Morgan fingerprint density at radius 3 is 2.58 bits per heavy atom. The molecule has 1 aromatic rings. The number of amides is 1. The summed E-state index contributed by atoms with van der Waals surface area (Å²) >= 11 is 0. The molecule has 4 nitrogen and oxygen atoms in total. The molecule has 0 radical (unpaired) electrons. The third-order valence-electron chi connectivity index (χ3n) is 2.74. The van der Waals surface area contributed by atoms with E-state index < -0.39 is 5.60 Å². The highest BCUT2D eigenvalue weighted by Gasteiger charge is 2.17. The molecule has 1 aromatic carbocycles. The Bertz CT molecular complexity index is 424. The quantitative estimate of drug-likeness (QED) is 0.825. The van der Waals surface area contributed by atoms with Crippen LogP contribution in [0.15, 0.2) is 24.3 Å². The first kappa shape index (κ1) is 15.7. The van der Waals surface area contributed by atoms with Gasteiger partial charge in [0.2, 0.25) is 5.91 Å². The molecule has 2 N–H and O–H groups in total. The third-order valence-corrected chi connectivity index (χ3v) is 2.74. The van der Waals surface area contributed by atoms with Crippen LogP contribution in [-0.2, 0) is 11.2 Å². The molecule has 0 aliphatic carbocycles. The van der Waals surface area contributed by atoms with E-state index in [4.69, 9.17) is 0 Å². The lowest BCUT2D eigenvalue weighted by Gasteiger charge is -2.25. The van der Waals surface area contributed by atoms with Gasteiger partial charge in [-0.25, -0.2) is 0 Å². The first-order valence-corrected chi connectivity index (χ1v) is 6.60. The number of aliphatic hydroxyl groups is 1. The Hall–Kier alpha value is -1.39. The zero-order chi connectivity index (χ0) is 14.5. The summed E-state index contributed by atoms with van der Waals surface area (Å²) in [4.78, 5) is 13.8. The molecule has 0 bridgehead atoms. The molecule has 0 unspecified atom stereocenters. The zero-order valence-electron chi connectivity index (χ0n) is 12.2. The summed E-state index contributed by atoms with van der Waals surface area (Å²) in [6, 6.07) is 7.80. The van der Waals surface area contributed by atoms with Gasteiger partial charge in [-0.3, -0.25) is 9.69 Å². The van der Waals surface area contributed by atoms with E-state index in [9.17, 15) is 9.90 Å². The molecule has 0 atom stereocenters. The molecular formula is C15H24N2O2. The number of rotatable bonds is 6. The van der Waals surface area contributed by atoms with Gasteiger partial charge < -0.3 is 10.4 Å². The second-order valence-corrected chi connectivity index (χ2v) is 5.54. The predicted molar refractivity (Wildman–Crippen MR) is 78.2 cm³/mol. The minimum absolute atomic E-state index is 0.0624. The summed E-state index contributed by atoms with van der Waals surface area (Å²) in [5.74, 6) is -0.0624. The van der Waals surface area contributed by atoms with Crippen LogP contribution < -0.4 is 5.32 Å². The normalized spacial score (nSPS) is 11.7. The fraction of sp³-hybridized carbons (Fsp3) is 0.533. The topological polar surface area (TPSA) is 52.6 Å². The summed E-state index contributed by atoms with van der Waals surface area (Å²) in [5.41, 5.74) is 1.20. The molecule has 0 saturated heterocycles. The lowest BCUT2D eigenvalue weighted by Crippen LogP contribution is -2.40. The Morgan fingerprint density at radius 1 is 1.37 bits per heavy atom. The number of anilines is 1. The largest absolute Gasteiger partial charge is 0.389 e. The molecule has 0 saturated carbocycles. The van der Waals surface area contributed by atoms with Crippen molar-refractivity contribution < 1.29 is 9.90 Å². The Morgan fingerprint density at radius 2 is 2.00 bits per heavy atom. The highest BCUT2D eigenvalue weighted by atomic mass is 16.3. The average molecular weight is 264 g/mol. The fourth-order valence-electron chi connectivity index (χ4n) is 2.10. The van der Waals surface area contributed by atoms with E-state index in [2.05, 4.69) is 12.2 Å². The minimum atomic E-state index is -0.795. The smallest absolute Gasteiger partial charge is 0.238 e. The number of hydrogen-bond donors (Lipinski definition) is 2. The number of hydrogen-bond acceptors (Lipinski definition) is 3. The van der Waals surface area contributed by atoms with Gasteiger partial charge in [0.1, 0.15) is 0 Å². The maximum absolute atomic E-state index is 11.9. The molecule has 0 aromatic heterocycles. The van der Waals surface area contributed by atoms with Gasteiger partial charge in [-0.2, -0.15) is 0 Å². The molecule has 106 valence electrons. The summed E-state index contributed by atoms with van der Waals surface area (Å²) in [5, 5.41) is 12.6. The van der Waals surface area contributed by atoms with Crippen LogP contribution in [0.25, 0.3) is 0 Å². The van der Waals surface area contributed by atoms with E-state index in [0.29, 0.717) is 6.54 Å². The van der Waals surface area contributed by atoms with Crippen LogP contribution >= 0.6 is 0 Å². The number of benzene rings is 1. The predicted octanol–water partition coefficient (Wildman–Crippen LogP) is 1.89. The van der Waals surface area contributed by atoms with Crippen molar-refractivity contribution in [3.63, 3.8) is 0 Å². The van der Waals surface area contributed by atoms with Gasteiger partial charge in [0.15, 0.2) is 0 Å². The number of aryl methyl sites for hydroxylation is 1. The van der Waals surface area contributed by atoms with Gasteiger partial charge in [0, 0.05) is 12.2 Å². The molecule has 1 rings (SSSR count). The Labute approximate surface area is 115 Å². The third kappa shape index (κ3) is 5.85. The maximum Gasteiger partial charge on any atom is 0.238 e. The second-order valence-electron chi connectivity index (χ2n) is 5.54. The van der Waals surface area contributed by atoms with Gasteiger partial charge in [-0.15, -0.1) is 0 Å². The van der Waals surface area contributed by atoms with Crippen molar-refractivity contribution in [3.05, 3.63) is 29.8 Å². The SMILES string of the molecule is CCc1ccccc1NC(=O)CN(C)CC(C)(C)O. The highest BCUT2D eigenvalue weighted by molar-refractivity contribution is 5.92. The van der Waals surface area contributed by atoms with E-state index in [1.165, 1.54) is 0 Å². The average Bonchev–Trinajstić information content (AvgIpc) is 2.26. The van der Waals surface area contributed by atoms with Crippen molar-refractivity contribution in [2.75, 3.05) is 25.5 Å².